The number of urea groups is 1. The number of likely N-dealkylation sites (tertiary alicyclic amines) is 1. The molecule has 1 aromatic carbocycles. The number of nitrogens with two attached hydrogens (primary N) is 1. The van der Waals surface area contributed by atoms with Gasteiger partial charge >= 0.3 is 6.03 Å². The molecule has 1 atom stereocenters. The molecule has 1 aliphatic heterocycles. The molecule has 3 amide bonds. The second-order valence-electron chi connectivity index (χ2n) is 8.31. The van der Waals surface area contributed by atoms with Crippen LogP contribution in [0.25, 0.3) is 0 Å². The Morgan fingerprint density at radius 3 is 2.80 bits per heavy atom. The minimum atomic E-state index is -1.40. The van der Waals surface area contributed by atoms with Crippen LogP contribution in [0.15, 0.2) is 6.07 Å². The number of piperidine rings is 1. The third-order valence-electron chi connectivity index (χ3n) is 5.59. The van der Waals surface area contributed by atoms with Gasteiger partial charge in [-0.2, -0.15) is 4.37 Å². The number of anilines is 1. The van der Waals surface area contributed by atoms with Crippen molar-refractivity contribution < 1.29 is 32.6 Å². The number of aryl methyl sites for hydroxylation is 1. The van der Waals surface area contributed by atoms with Gasteiger partial charge in [0.25, 0.3) is 5.91 Å². The summed E-state index contributed by atoms with van der Waals surface area (Å²) in [7, 11) is 0. The lowest BCUT2D eigenvalue weighted by atomic mass is 10.1. The van der Waals surface area contributed by atoms with E-state index in [4.69, 9.17) is 10.5 Å². The Labute approximate surface area is 204 Å². The molecule has 2 aromatic rings. The lowest BCUT2D eigenvalue weighted by molar-refractivity contribution is 0.0699. The molecule has 1 fully saturated rings. The average molecular weight is 516 g/mol. The minimum absolute atomic E-state index is 0.00309. The topological polar surface area (TPSA) is 130 Å². The Bertz CT molecular complexity index is 1070. The largest absolute Gasteiger partial charge is 0.471 e. The van der Waals surface area contributed by atoms with Crippen LogP contribution in [0.5, 0.6) is 5.88 Å². The molecule has 0 spiro atoms. The number of hydrogen-bond donors (Lipinski definition) is 4. The molecule has 1 aliphatic rings. The maximum Gasteiger partial charge on any atom is 0.319 e. The number of nitrogens with zero attached hydrogens (tertiary/aromatic N) is 2. The SMILES string of the molecule is Cc1cc(F)c(COc2nsc(NC(=O)NCCCCN3CCCC(O)C3)c2C(N)=O)c(F)c1F. The number of aromatic nitrogens is 1. The van der Waals surface area contributed by atoms with Crippen LogP contribution in [0.2, 0.25) is 0 Å². The second kappa shape index (κ2) is 12.2. The van der Waals surface area contributed by atoms with E-state index < -0.39 is 41.6 Å². The number of ether oxygens (including phenoxy) is 1. The van der Waals surface area contributed by atoms with Crippen molar-refractivity contribution in [3.63, 3.8) is 0 Å². The fraction of sp³-hybridized carbons (Fsp3) is 0.500. The van der Waals surface area contributed by atoms with Gasteiger partial charge in [-0.1, -0.05) is 0 Å². The van der Waals surface area contributed by atoms with Gasteiger partial charge < -0.3 is 25.8 Å². The number of carbonyl (C=O) groups is 2. The van der Waals surface area contributed by atoms with Crippen molar-refractivity contribution in [1.82, 2.24) is 14.6 Å². The summed E-state index contributed by atoms with van der Waals surface area (Å²) in [5.74, 6) is -4.91. The first-order valence-corrected chi connectivity index (χ1v) is 11.9. The van der Waals surface area contributed by atoms with Crippen molar-refractivity contribution >= 4 is 28.5 Å². The molecule has 13 heteroatoms. The zero-order chi connectivity index (χ0) is 25.5. The number of halogens is 3. The molecular formula is C22H28F3N5O4S. The van der Waals surface area contributed by atoms with Crippen molar-refractivity contribution in [2.75, 3.05) is 31.5 Å². The molecule has 2 heterocycles. The van der Waals surface area contributed by atoms with Gasteiger partial charge in [-0.15, -0.1) is 0 Å². The Kier molecular flexibility index (Phi) is 9.29. The molecule has 35 heavy (non-hydrogen) atoms. The Morgan fingerprint density at radius 1 is 1.31 bits per heavy atom. The maximum absolute atomic E-state index is 14.1. The van der Waals surface area contributed by atoms with E-state index in [1.165, 1.54) is 6.92 Å². The predicted octanol–water partition coefficient (Wildman–Crippen LogP) is 2.91. The van der Waals surface area contributed by atoms with Crippen molar-refractivity contribution in [3.05, 3.63) is 40.2 Å². The molecule has 0 radical (unpaired) electrons. The Morgan fingerprint density at radius 2 is 2.09 bits per heavy atom. The molecule has 9 nitrogen and oxygen atoms in total. The van der Waals surface area contributed by atoms with E-state index in [1.54, 1.807) is 0 Å². The van der Waals surface area contributed by atoms with Crippen LogP contribution in [0.4, 0.5) is 23.0 Å². The molecule has 5 N–H and O–H groups in total. The number of aliphatic hydroxyl groups is 1. The van der Waals surface area contributed by atoms with Gasteiger partial charge in [-0.3, -0.25) is 10.1 Å². The molecular weight excluding hydrogens is 487 g/mol. The first-order chi connectivity index (χ1) is 16.7. The van der Waals surface area contributed by atoms with E-state index in [1.807, 2.05) is 0 Å². The van der Waals surface area contributed by atoms with Crippen LogP contribution in [-0.2, 0) is 6.61 Å². The monoisotopic (exact) mass is 515 g/mol. The zero-order valence-corrected chi connectivity index (χ0v) is 20.0. The van der Waals surface area contributed by atoms with Gasteiger partial charge in [-0.25, -0.2) is 18.0 Å². The smallest absolute Gasteiger partial charge is 0.319 e. The molecule has 0 saturated carbocycles. The van der Waals surface area contributed by atoms with Crippen molar-refractivity contribution in [2.24, 2.45) is 5.73 Å². The zero-order valence-electron chi connectivity index (χ0n) is 19.2. The summed E-state index contributed by atoms with van der Waals surface area (Å²) in [6.45, 7) is 3.31. The van der Waals surface area contributed by atoms with Crippen molar-refractivity contribution in [2.45, 2.75) is 45.3 Å². The number of aliphatic hydroxyl groups excluding tert-OH is 1. The first kappa shape index (κ1) is 26.7. The number of carbonyl (C=O) groups excluding carboxylic acids is 2. The van der Waals surface area contributed by atoms with Gasteiger partial charge in [-0.05, 0) is 68.9 Å². The number of nitrogens with one attached hydrogen (secondary N) is 2. The van der Waals surface area contributed by atoms with Crippen LogP contribution >= 0.6 is 11.5 Å². The van der Waals surface area contributed by atoms with Gasteiger partial charge in [0.1, 0.15) is 23.0 Å². The molecule has 0 bridgehead atoms. The molecule has 3 rings (SSSR count). The summed E-state index contributed by atoms with van der Waals surface area (Å²) >= 11 is 0.705. The van der Waals surface area contributed by atoms with Crippen molar-refractivity contribution in [3.8, 4) is 5.88 Å². The molecule has 1 unspecified atom stereocenters. The molecule has 192 valence electrons. The highest BCUT2D eigenvalue weighted by molar-refractivity contribution is 7.11. The minimum Gasteiger partial charge on any atom is -0.471 e. The highest BCUT2D eigenvalue weighted by Gasteiger charge is 2.24. The number of amides is 3. The van der Waals surface area contributed by atoms with Crippen molar-refractivity contribution in [1.29, 1.82) is 0 Å². The number of rotatable bonds is 10. The maximum atomic E-state index is 14.1. The molecule has 1 aromatic heterocycles. The van der Waals surface area contributed by atoms with Crippen LogP contribution in [0, 0.1) is 24.4 Å². The molecule has 1 saturated heterocycles. The summed E-state index contributed by atoms with van der Waals surface area (Å²) < 4.78 is 51.0. The average Bonchev–Trinajstić information content (AvgIpc) is 3.19. The fourth-order valence-electron chi connectivity index (χ4n) is 3.74. The van der Waals surface area contributed by atoms with Crippen LogP contribution in [0.3, 0.4) is 0 Å². The van der Waals surface area contributed by atoms with E-state index in [-0.39, 0.29) is 28.1 Å². The second-order valence-corrected chi connectivity index (χ2v) is 9.08. The van der Waals surface area contributed by atoms with Gasteiger partial charge in [0.2, 0.25) is 5.88 Å². The summed E-state index contributed by atoms with van der Waals surface area (Å²) in [5.41, 5.74) is 4.25. The summed E-state index contributed by atoms with van der Waals surface area (Å²) in [6.07, 6.45) is 3.07. The highest BCUT2D eigenvalue weighted by atomic mass is 32.1. The van der Waals surface area contributed by atoms with Crippen LogP contribution in [0.1, 0.15) is 47.2 Å². The number of benzene rings is 1. The third-order valence-corrected chi connectivity index (χ3v) is 6.34. The van der Waals surface area contributed by atoms with Gasteiger partial charge in [0.15, 0.2) is 11.6 Å². The highest BCUT2D eigenvalue weighted by Crippen LogP contribution is 2.31. The fourth-order valence-corrected chi connectivity index (χ4v) is 4.48. The summed E-state index contributed by atoms with van der Waals surface area (Å²) in [6, 6.07) is 0.245. The number of β-amino-alcohol motifs (C(OH)–C–C–N with tert-alkyl or cyclic N) is 1. The quantitative estimate of drug-likeness (QED) is 0.284. The van der Waals surface area contributed by atoms with E-state index >= 15 is 0 Å². The van der Waals surface area contributed by atoms with E-state index in [0.717, 1.165) is 38.4 Å². The van der Waals surface area contributed by atoms with E-state index in [0.29, 0.717) is 31.0 Å². The first-order valence-electron chi connectivity index (χ1n) is 11.2. The van der Waals surface area contributed by atoms with Gasteiger partial charge in [0.05, 0.1) is 11.7 Å². The Balaban J connectivity index is 1.51. The number of unbranched alkanes of at least 4 members (excludes halogenated alkanes) is 1. The lowest BCUT2D eigenvalue weighted by Gasteiger charge is -2.29. The standard InChI is InChI=1S/C22H28F3N5O4S/c1-12-9-15(23)14(18(25)17(12)24)11-34-20-16(19(26)32)21(35-29-20)28-22(33)27-6-2-3-7-30-8-4-5-13(31)10-30/h9,13,31H,2-8,10-11H2,1H3,(H2,26,32)(H2,27,28,33). The normalized spacial score (nSPS) is 16.2. The number of hydrogen-bond acceptors (Lipinski definition) is 7. The predicted molar refractivity (Wildman–Crippen MR) is 124 cm³/mol. The van der Waals surface area contributed by atoms with Crippen LogP contribution in [-0.4, -0.2) is 58.6 Å². The summed E-state index contributed by atoms with van der Waals surface area (Å²) in [4.78, 5) is 26.3. The van der Waals surface area contributed by atoms with Gasteiger partial charge in [0, 0.05) is 13.1 Å². The van der Waals surface area contributed by atoms with Crippen LogP contribution < -0.4 is 21.1 Å². The molecule has 0 aliphatic carbocycles. The third kappa shape index (κ3) is 7.05. The summed E-state index contributed by atoms with van der Waals surface area (Å²) in [5, 5.41) is 14.8. The van der Waals surface area contributed by atoms with E-state index in [2.05, 4.69) is 19.9 Å². The lowest BCUT2D eigenvalue weighted by Crippen LogP contribution is -2.39. The number of primary amides is 1. The Hall–Kier alpha value is -2.90. The van der Waals surface area contributed by atoms with E-state index in [9.17, 15) is 27.9 Å².